The molecule has 15 heavy (non-hydrogen) atoms. The van der Waals surface area contributed by atoms with Crippen molar-refractivity contribution in [1.29, 1.82) is 0 Å². The third-order valence-corrected chi connectivity index (χ3v) is 1.71. The average Bonchev–Trinajstić information content (AvgIpc) is 2.17. The summed E-state index contributed by atoms with van der Waals surface area (Å²) in [6, 6.07) is 0. The second-order valence-electron chi connectivity index (χ2n) is 3.68. The van der Waals surface area contributed by atoms with Crippen LogP contribution in [0.3, 0.4) is 0 Å². The van der Waals surface area contributed by atoms with Crippen molar-refractivity contribution < 1.29 is 9.53 Å². The lowest BCUT2D eigenvalue weighted by Crippen LogP contribution is -2.28. The van der Waals surface area contributed by atoms with Gasteiger partial charge >= 0.3 is 6.09 Å². The molecule has 0 heterocycles. The van der Waals surface area contributed by atoms with Gasteiger partial charge in [-0.15, -0.1) is 0 Å². The van der Waals surface area contributed by atoms with Crippen LogP contribution in [0.1, 0.15) is 40.5 Å². The number of carbonyl (C=O) groups excluding carboxylic acids is 1. The second kappa shape index (κ2) is 8.26. The molecule has 0 aliphatic carbocycles. The van der Waals surface area contributed by atoms with E-state index in [-0.39, 0.29) is 6.09 Å². The van der Waals surface area contributed by atoms with Gasteiger partial charge in [-0.1, -0.05) is 27.2 Å². The quantitative estimate of drug-likeness (QED) is 0.504. The molecular weight excluding hydrogens is 192 g/mol. The number of hydrogen-bond donors (Lipinski definition) is 0. The van der Waals surface area contributed by atoms with Crippen molar-refractivity contribution in [3.63, 3.8) is 0 Å². The Morgan fingerprint density at radius 2 is 2.13 bits per heavy atom. The molecule has 0 spiro atoms. The van der Waals surface area contributed by atoms with E-state index >= 15 is 0 Å². The Morgan fingerprint density at radius 3 is 2.60 bits per heavy atom. The molecule has 0 aliphatic rings. The van der Waals surface area contributed by atoms with E-state index < -0.39 is 0 Å². The van der Waals surface area contributed by atoms with Crippen LogP contribution in [0.5, 0.6) is 0 Å². The van der Waals surface area contributed by atoms with Gasteiger partial charge in [0.25, 0.3) is 0 Å². The first-order valence-corrected chi connectivity index (χ1v) is 5.60. The highest BCUT2D eigenvalue weighted by Gasteiger charge is 2.11. The Labute approximate surface area is 92.3 Å². The predicted molar refractivity (Wildman–Crippen MR) is 62.0 cm³/mol. The van der Waals surface area contributed by atoms with E-state index in [0.717, 1.165) is 12.8 Å². The number of unbranched alkanes of at least 4 members (excludes halogenated alkanes) is 1. The molecule has 88 valence electrons. The van der Waals surface area contributed by atoms with Crippen molar-refractivity contribution in [2.24, 2.45) is 11.0 Å². The smallest absolute Gasteiger partial charge is 0.430 e. The lowest BCUT2D eigenvalue weighted by Gasteiger charge is -2.16. The van der Waals surface area contributed by atoms with E-state index in [0.29, 0.717) is 19.1 Å². The fourth-order valence-electron chi connectivity index (χ4n) is 0.916. The molecule has 0 unspecified atom stereocenters. The standard InChI is InChI=1S/C11H22N2O2/c1-5-7-8-13(11(14)15-6-2)12-9-10(3)4/h9-10H,5-8H2,1-4H3/b12-9+. The number of hydrazone groups is 1. The molecule has 0 fully saturated rings. The fraction of sp³-hybridized carbons (Fsp3) is 0.818. The molecule has 0 aromatic heterocycles. The van der Waals surface area contributed by atoms with Crippen molar-refractivity contribution in [3.05, 3.63) is 0 Å². The number of rotatable bonds is 6. The van der Waals surface area contributed by atoms with Crippen LogP contribution in [0.25, 0.3) is 0 Å². The van der Waals surface area contributed by atoms with E-state index in [1.807, 2.05) is 13.8 Å². The van der Waals surface area contributed by atoms with Crippen LogP contribution in [0.15, 0.2) is 5.10 Å². The van der Waals surface area contributed by atoms with E-state index in [2.05, 4.69) is 12.0 Å². The van der Waals surface area contributed by atoms with E-state index in [4.69, 9.17) is 4.74 Å². The monoisotopic (exact) mass is 214 g/mol. The third-order valence-electron chi connectivity index (χ3n) is 1.71. The van der Waals surface area contributed by atoms with E-state index in [1.165, 1.54) is 5.01 Å². The van der Waals surface area contributed by atoms with Gasteiger partial charge in [-0.2, -0.15) is 10.1 Å². The summed E-state index contributed by atoms with van der Waals surface area (Å²) in [5.74, 6) is 0.337. The van der Waals surface area contributed by atoms with E-state index in [1.54, 1.807) is 13.1 Å². The van der Waals surface area contributed by atoms with Gasteiger partial charge in [0.15, 0.2) is 0 Å². The normalized spacial score (nSPS) is 11.0. The summed E-state index contributed by atoms with van der Waals surface area (Å²) in [6.07, 6.45) is 3.37. The molecule has 4 heteroatoms. The largest absolute Gasteiger partial charge is 0.448 e. The Bertz CT molecular complexity index is 203. The molecule has 0 rings (SSSR count). The molecule has 0 radical (unpaired) electrons. The molecule has 0 saturated heterocycles. The first-order valence-electron chi connectivity index (χ1n) is 5.60. The molecule has 0 N–H and O–H groups in total. The Morgan fingerprint density at radius 1 is 1.47 bits per heavy atom. The minimum Gasteiger partial charge on any atom is -0.448 e. The summed E-state index contributed by atoms with van der Waals surface area (Å²) in [5.41, 5.74) is 0. The molecular formula is C11H22N2O2. The van der Waals surface area contributed by atoms with Crippen LogP contribution in [0.4, 0.5) is 4.79 Å². The van der Waals surface area contributed by atoms with Gasteiger partial charge in [-0.3, -0.25) is 0 Å². The Balaban J connectivity index is 4.22. The number of ether oxygens (including phenoxy) is 1. The van der Waals surface area contributed by atoms with Gasteiger partial charge in [-0.05, 0) is 19.3 Å². The molecule has 0 aromatic rings. The zero-order valence-electron chi connectivity index (χ0n) is 10.2. The average molecular weight is 214 g/mol. The molecule has 0 aliphatic heterocycles. The van der Waals surface area contributed by atoms with Gasteiger partial charge in [-0.25, -0.2) is 4.79 Å². The van der Waals surface area contributed by atoms with Crippen molar-refractivity contribution in [1.82, 2.24) is 5.01 Å². The van der Waals surface area contributed by atoms with Crippen molar-refractivity contribution in [3.8, 4) is 0 Å². The zero-order valence-corrected chi connectivity index (χ0v) is 10.2. The van der Waals surface area contributed by atoms with Gasteiger partial charge in [0, 0.05) is 12.8 Å². The second-order valence-corrected chi connectivity index (χ2v) is 3.68. The minimum atomic E-state index is -0.358. The molecule has 0 bridgehead atoms. The van der Waals surface area contributed by atoms with Crippen molar-refractivity contribution >= 4 is 12.3 Å². The summed E-state index contributed by atoms with van der Waals surface area (Å²) in [5, 5.41) is 5.51. The van der Waals surface area contributed by atoms with Crippen LogP contribution < -0.4 is 0 Å². The maximum absolute atomic E-state index is 11.5. The number of amides is 1. The lowest BCUT2D eigenvalue weighted by atomic mass is 10.3. The summed E-state index contributed by atoms with van der Waals surface area (Å²) in [7, 11) is 0. The van der Waals surface area contributed by atoms with E-state index in [9.17, 15) is 4.79 Å². The fourth-order valence-corrected chi connectivity index (χ4v) is 0.916. The van der Waals surface area contributed by atoms with Crippen LogP contribution in [0.2, 0.25) is 0 Å². The van der Waals surface area contributed by atoms with Crippen molar-refractivity contribution in [2.45, 2.75) is 40.5 Å². The van der Waals surface area contributed by atoms with Gasteiger partial charge in [0.05, 0.1) is 6.61 Å². The molecule has 1 amide bonds. The Kier molecular flexibility index (Phi) is 7.68. The summed E-state index contributed by atoms with van der Waals surface area (Å²) in [4.78, 5) is 11.5. The zero-order chi connectivity index (χ0) is 11.7. The minimum absolute atomic E-state index is 0.337. The molecule has 0 saturated carbocycles. The summed E-state index contributed by atoms with van der Waals surface area (Å²) >= 11 is 0. The maximum atomic E-state index is 11.5. The molecule has 0 atom stereocenters. The van der Waals surface area contributed by atoms with Crippen LogP contribution >= 0.6 is 0 Å². The maximum Gasteiger partial charge on any atom is 0.430 e. The highest BCUT2D eigenvalue weighted by Crippen LogP contribution is 2.00. The summed E-state index contributed by atoms with van der Waals surface area (Å²) < 4.78 is 4.91. The van der Waals surface area contributed by atoms with Crippen LogP contribution in [-0.4, -0.2) is 30.5 Å². The number of carbonyl (C=O) groups is 1. The topological polar surface area (TPSA) is 41.9 Å². The van der Waals surface area contributed by atoms with Crippen molar-refractivity contribution in [2.75, 3.05) is 13.2 Å². The highest BCUT2D eigenvalue weighted by atomic mass is 16.6. The first kappa shape index (κ1) is 13.9. The Hall–Kier alpha value is -1.06. The molecule has 4 nitrogen and oxygen atoms in total. The SMILES string of the molecule is CCCCN(/N=C/C(C)C)C(=O)OCC. The van der Waals surface area contributed by atoms with Crippen LogP contribution in [0, 0.1) is 5.92 Å². The predicted octanol–water partition coefficient (Wildman–Crippen LogP) is 2.89. The lowest BCUT2D eigenvalue weighted by molar-refractivity contribution is 0.108. The first-order chi connectivity index (χ1) is 7.11. The molecule has 0 aromatic carbocycles. The van der Waals surface area contributed by atoms with Gasteiger partial charge in [0.2, 0.25) is 0 Å². The van der Waals surface area contributed by atoms with Crippen LogP contribution in [-0.2, 0) is 4.74 Å². The summed E-state index contributed by atoms with van der Waals surface area (Å²) in [6.45, 7) is 8.92. The van der Waals surface area contributed by atoms with Gasteiger partial charge in [0.1, 0.15) is 0 Å². The number of nitrogens with zero attached hydrogens (tertiary/aromatic N) is 2. The third kappa shape index (κ3) is 6.94. The van der Waals surface area contributed by atoms with Gasteiger partial charge < -0.3 is 4.74 Å². The number of hydrogen-bond acceptors (Lipinski definition) is 3. The highest BCUT2D eigenvalue weighted by molar-refractivity contribution is 5.69.